The van der Waals surface area contributed by atoms with Crippen molar-refractivity contribution < 1.29 is 84.3 Å². The molecule has 3 saturated heterocycles. The van der Waals surface area contributed by atoms with Crippen LogP contribution in [0, 0.1) is 5.92 Å². The largest absolute Gasteiger partial charge is 0.508 e. The van der Waals surface area contributed by atoms with Gasteiger partial charge in [0.2, 0.25) is 35.4 Å². The van der Waals surface area contributed by atoms with E-state index in [1.807, 2.05) is 48.5 Å². The van der Waals surface area contributed by atoms with Crippen LogP contribution in [0.3, 0.4) is 0 Å². The number of carbonyl (C=O) groups is 7. The maximum atomic E-state index is 14.5. The van der Waals surface area contributed by atoms with Gasteiger partial charge >= 0.3 is 0 Å². The minimum atomic E-state index is -2.29. The Balaban J connectivity index is 1.18. The minimum absolute atomic E-state index is 0.00973. The van der Waals surface area contributed by atoms with Gasteiger partial charge in [-0.3, -0.25) is 33.6 Å². The summed E-state index contributed by atoms with van der Waals surface area (Å²) in [6, 6.07) is 14.7. The van der Waals surface area contributed by atoms with Gasteiger partial charge in [-0.25, -0.2) is 0 Å². The lowest BCUT2D eigenvalue weighted by Gasteiger charge is -2.34. The number of benzene rings is 4. The first-order valence-electron chi connectivity index (χ1n) is 27.3. The van der Waals surface area contributed by atoms with Crippen molar-refractivity contribution in [2.75, 3.05) is 19.7 Å². The monoisotopic (exact) mass is 1140 g/mol. The third kappa shape index (κ3) is 14.7. The predicted octanol–water partition coefficient (Wildman–Crippen LogP) is -0.927. The molecule has 4 aromatic rings. The summed E-state index contributed by atoms with van der Waals surface area (Å²) < 4.78 is 5.84. The zero-order chi connectivity index (χ0) is 59.7. The number of unbranched alkanes of at least 4 members (excludes halogenated alkanes) is 2. The number of amides is 7. The summed E-state index contributed by atoms with van der Waals surface area (Å²) in [5.74, 6) is -8.67. The van der Waals surface area contributed by atoms with Gasteiger partial charge in [-0.2, -0.15) is 0 Å². The highest BCUT2D eigenvalue weighted by atomic mass is 16.5. The van der Waals surface area contributed by atoms with Gasteiger partial charge in [-0.1, -0.05) is 87.4 Å². The van der Waals surface area contributed by atoms with Crippen molar-refractivity contribution in [3.05, 3.63) is 108 Å². The van der Waals surface area contributed by atoms with Gasteiger partial charge < -0.3 is 87.1 Å². The number of rotatable bonds is 14. The van der Waals surface area contributed by atoms with Gasteiger partial charge in [0, 0.05) is 37.4 Å². The molecule has 0 radical (unpaired) electrons. The molecule has 15 atom stereocenters. The smallest absolute Gasteiger partial charge is 0.251 e. The quantitative estimate of drug-likeness (QED) is 0.0679. The van der Waals surface area contributed by atoms with Crippen molar-refractivity contribution in [1.82, 2.24) is 36.4 Å². The number of aliphatic hydroxyl groups excluding tert-OH is 8. The van der Waals surface area contributed by atoms with Gasteiger partial charge in [-0.05, 0) is 84.5 Å². The lowest BCUT2D eigenvalue weighted by Crippen LogP contribution is -2.64. The van der Waals surface area contributed by atoms with Crippen LogP contribution in [0.5, 0.6) is 11.5 Å². The second-order valence-electron chi connectivity index (χ2n) is 21.3. The number of aromatic hydroxyl groups is 1. The highest BCUT2D eigenvalue weighted by molar-refractivity contribution is 6.00. The van der Waals surface area contributed by atoms with E-state index in [0.29, 0.717) is 12.2 Å². The molecular weight excluding hydrogens is 1070 g/mol. The van der Waals surface area contributed by atoms with E-state index in [2.05, 4.69) is 33.5 Å². The molecule has 7 rings (SSSR count). The average Bonchev–Trinajstić information content (AvgIpc) is 4.06. The van der Waals surface area contributed by atoms with E-state index >= 15 is 0 Å². The molecule has 0 unspecified atom stereocenters. The zero-order valence-corrected chi connectivity index (χ0v) is 45.7. The molecule has 4 aromatic carbocycles. The van der Waals surface area contributed by atoms with Crippen molar-refractivity contribution >= 4 is 41.4 Å². The maximum absolute atomic E-state index is 14.5. The molecule has 0 bridgehead atoms. The molecule has 3 aliphatic rings. The topological polar surface area (TPSA) is 377 Å². The summed E-state index contributed by atoms with van der Waals surface area (Å²) in [5.41, 5.74) is 3.37. The summed E-state index contributed by atoms with van der Waals surface area (Å²) in [7, 11) is 0. The number of hydrogen-bond donors (Lipinski definition) is 14. The van der Waals surface area contributed by atoms with Crippen molar-refractivity contribution in [1.29, 1.82) is 0 Å². The van der Waals surface area contributed by atoms with Crippen molar-refractivity contribution in [3.63, 3.8) is 0 Å². The minimum Gasteiger partial charge on any atom is -0.508 e. The van der Waals surface area contributed by atoms with Crippen LogP contribution in [-0.4, -0.2) is 196 Å². The lowest BCUT2D eigenvalue weighted by atomic mass is 9.96. The molecule has 3 aliphatic heterocycles. The number of nitrogens with one attached hydrogen (secondary N) is 5. The van der Waals surface area contributed by atoms with Crippen LogP contribution in [0.1, 0.15) is 81.8 Å². The Morgan fingerprint density at radius 1 is 0.634 bits per heavy atom. The van der Waals surface area contributed by atoms with Gasteiger partial charge in [0.15, 0.2) is 6.23 Å². The average molecular weight is 1140 g/mol. The summed E-state index contributed by atoms with van der Waals surface area (Å²) in [6.07, 6.45) is -13.6. The molecule has 14 N–H and O–H groups in total. The first kappa shape index (κ1) is 62.1. The fourth-order valence-corrected chi connectivity index (χ4v) is 10.2. The Kier molecular flexibility index (Phi) is 20.8. The van der Waals surface area contributed by atoms with Gasteiger partial charge in [0.25, 0.3) is 5.91 Å². The summed E-state index contributed by atoms with van der Waals surface area (Å²) in [5, 5.41) is 111. The van der Waals surface area contributed by atoms with E-state index in [4.69, 9.17) is 4.74 Å². The van der Waals surface area contributed by atoms with Crippen LogP contribution in [-0.2, 0) is 28.8 Å². The van der Waals surface area contributed by atoms with Crippen LogP contribution in [0.15, 0.2) is 97.1 Å². The molecular formula is C58H73N7O17. The molecule has 24 heteroatoms. The second kappa shape index (κ2) is 27.5. The van der Waals surface area contributed by atoms with Crippen LogP contribution in [0.2, 0.25) is 0 Å². The highest BCUT2D eigenvalue weighted by Crippen LogP contribution is 2.30. The number of nitrogens with zero attached hydrogens (tertiary/aromatic N) is 2. The SMILES string of the molecule is CCCCCOc1ccc(-c2ccc(-c3ccc(C(=O)N[C@H]4C[C@@H](O)[C@@H](O)NC(=O)[C@@H]5[C@@H](O)[C@@H](C)CN5C(=O)[C@H]([C@@H](C)O)NC(=O)[C@H]([C@H](O)[C@H](O)c5ccc(O)cc5)NC(=O)[C@@H]5C[C@@H](O)CN5C(=O)[C@H]([C@@H](C)O)NC4=O)cc3)cc2)cc1. The van der Waals surface area contributed by atoms with Crippen LogP contribution < -0.4 is 31.3 Å². The number of carbonyl (C=O) groups excluding carboxylic acids is 7. The Morgan fingerprint density at radius 3 is 1.72 bits per heavy atom. The number of phenolic OH excluding ortho intramolecular Hbond substituents is 1. The van der Waals surface area contributed by atoms with E-state index in [9.17, 15) is 79.5 Å². The Labute approximate surface area is 473 Å². The fraction of sp³-hybridized carbons (Fsp3) is 0.466. The third-order valence-electron chi connectivity index (χ3n) is 15.0. The standard InChI is InChI=1S/C58H73N7O17/c1-5-6-7-24-82-40-22-18-35(19-23-40)33-10-8-32(9-11-33)34-12-14-37(15-13-34)51(74)59-41-26-43(70)54(77)63-56(79)47-48(71)29(2)27-65(47)58(81)45(31(4)67)61-55(78)46(50(73)49(72)36-16-20-38(68)21-17-36)62-53(76)42-25-39(69)28-64(42)57(80)44(30(3)66)60-52(41)75/h8-23,29-31,39,41-50,54,66-73,77H,5-7,24-28H2,1-4H3,(H,59,74)(H,60,75)(H,61,78)(H,62,76)(H,63,79)/t29-,30+,31+,39+,41-,42-,43+,44-,45-,46-,47-,48-,49+,50-,54+/m0/s1. The van der Waals surface area contributed by atoms with Crippen LogP contribution >= 0.6 is 0 Å². The Hall–Kier alpha value is -7.55. The van der Waals surface area contributed by atoms with Crippen molar-refractivity contribution in [2.45, 2.75) is 145 Å². The summed E-state index contributed by atoms with van der Waals surface area (Å²) >= 11 is 0. The first-order chi connectivity index (χ1) is 39.0. The molecule has 24 nitrogen and oxygen atoms in total. The van der Waals surface area contributed by atoms with Gasteiger partial charge in [0.1, 0.15) is 66.1 Å². The van der Waals surface area contributed by atoms with E-state index in [0.717, 1.165) is 77.5 Å². The van der Waals surface area contributed by atoms with Gasteiger partial charge in [0.05, 0.1) is 31.0 Å². The highest BCUT2D eigenvalue weighted by Gasteiger charge is 2.50. The molecule has 442 valence electrons. The normalized spacial score (nSPS) is 27.5. The molecule has 0 spiro atoms. The zero-order valence-electron chi connectivity index (χ0n) is 45.7. The van der Waals surface area contributed by atoms with E-state index in [1.54, 1.807) is 12.1 Å². The molecule has 0 aromatic heterocycles. The van der Waals surface area contributed by atoms with Crippen LogP contribution in [0.4, 0.5) is 0 Å². The number of fused-ring (bicyclic) bond motifs is 2. The second-order valence-corrected chi connectivity index (χ2v) is 21.3. The van der Waals surface area contributed by atoms with E-state index in [-0.39, 0.29) is 23.4 Å². The lowest BCUT2D eigenvalue weighted by molar-refractivity contribution is -0.148. The van der Waals surface area contributed by atoms with E-state index in [1.165, 1.54) is 31.2 Å². The Morgan fingerprint density at radius 2 is 1.16 bits per heavy atom. The summed E-state index contributed by atoms with van der Waals surface area (Å²) in [4.78, 5) is 102. The number of phenols is 1. The van der Waals surface area contributed by atoms with Gasteiger partial charge in [-0.15, -0.1) is 0 Å². The van der Waals surface area contributed by atoms with E-state index < -0.39 is 152 Å². The van der Waals surface area contributed by atoms with Crippen molar-refractivity contribution in [2.24, 2.45) is 5.92 Å². The molecule has 82 heavy (non-hydrogen) atoms. The molecule has 0 saturated carbocycles. The molecule has 3 heterocycles. The Bertz CT molecular complexity index is 2880. The summed E-state index contributed by atoms with van der Waals surface area (Å²) in [6.45, 7) is 5.47. The molecule has 3 fully saturated rings. The molecule has 7 amide bonds. The number of ether oxygens (including phenoxy) is 1. The first-order valence-corrected chi connectivity index (χ1v) is 27.3. The van der Waals surface area contributed by atoms with Crippen molar-refractivity contribution in [3.8, 4) is 33.8 Å². The number of hydrogen-bond acceptors (Lipinski definition) is 17. The third-order valence-corrected chi connectivity index (χ3v) is 15.0. The fourth-order valence-electron chi connectivity index (χ4n) is 10.2. The predicted molar refractivity (Wildman–Crippen MR) is 293 cm³/mol. The number of aliphatic hydroxyl groups is 8. The van der Waals surface area contributed by atoms with Crippen LogP contribution in [0.25, 0.3) is 22.3 Å². The molecule has 0 aliphatic carbocycles. The maximum Gasteiger partial charge on any atom is 0.251 e.